The maximum Gasteiger partial charge on any atom is 0.210 e. The van der Waals surface area contributed by atoms with Gasteiger partial charge in [0.15, 0.2) is 0 Å². The molecule has 0 unspecified atom stereocenters. The molecule has 1 fully saturated rings. The van der Waals surface area contributed by atoms with Crippen molar-refractivity contribution in [1.29, 1.82) is 5.26 Å². The van der Waals surface area contributed by atoms with E-state index < -0.39 is 0 Å². The summed E-state index contributed by atoms with van der Waals surface area (Å²) in [6.45, 7) is 2.01. The van der Waals surface area contributed by atoms with Crippen molar-refractivity contribution in [2.75, 3.05) is 0 Å². The van der Waals surface area contributed by atoms with Crippen LogP contribution < -0.4 is 0 Å². The van der Waals surface area contributed by atoms with Crippen LogP contribution in [0.3, 0.4) is 0 Å². The molecule has 1 aromatic heterocycles. The normalized spacial score (nSPS) is 18.0. The summed E-state index contributed by atoms with van der Waals surface area (Å²) in [6, 6.07) is 2.06. The Hall–Kier alpha value is -1.30. The fourth-order valence-corrected chi connectivity index (χ4v) is 2.30. The van der Waals surface area contributed by atoms with Gasteiger partial charge in [0.1, 0.15) is 6.07 Å². The molecule has 3 nitrogen and oxygen atoms in total. The van der Waals surface area contributed by atoms with Crippen LogP contribution in [0, 0.1) is 18.3 Å². The number of aromatic nitrogens is 2. The lowest BCUT2D eigenvalue weighted by atomic mass is 9.86. The Bertz CT molecular complexity index is 353. The Morgan fingerprint density at radius 3 is 2.64 bits per heavy atom. The van der Waals surface area contributed by atoms with Crippen molar-refractivity contribution in [3.05, 3.63) is 17.2 Å². The highest BCUT2D eigenvalue weighted by Gasteiger charge is 2.20. The number of imidazole rings is 1. The van der Waals surface area contributed by atoms with Gasteiger partial charge < -0.3 is 4.98 Å². The summed E-state index contributed by atoms with van der Waals surface area (Å²) in [5.74, 6) is 1.05. The highest BCUT2D eigenvalue weighted by Crippen LogP contribution is 2.32. The van der Waals surface area contributed by atoms with Gasteiger partial charge in [-0.25, -0.2) is 4.98 Å². The van der Waals surface area contributed by atoms with Crippen molar-refractivity contribution < 1.29 is 0 Å². The lowest BCUT2D eigenvalue weighted by Gasteiger charge is -2.20. The first-order valence-electron chi connectivity index (χ1n) is 5.28. The minimum atomic E-state index is 0.461. The van der Waals surface area contributed by atoms with Crippen LogP contribution in [-0.2, 0) is 0 Å². The first kappa shape index (κ1) is 9.26. The molecule has 0 aromatic carbocycles. The standard InChI is InChI=1S/C11H15N3/c1-8-11(14-10(7-12)13-8)9-5-3-2-4-6-9/h9H,2-6H2,1H3,(H,13,14). The van der Waals surface area contributed by atoms with Gasteiger partial charge in [-0.2, -0.15) is 5.26 Å². The fourth-order valence-electron chi connectivity index (χ4n) is 2.30. The molecule has 0 radical (unpaired) electrons. The average Bonchev–Trinajstić information content (AvgIpc) is 2.61. The first-order valence-corrected chi connectivity index (χ1v) is 5.28. The van der Waals surface area contributed by atoms with Crippen LogP contribution >= 0.6 is 0 Å². The van der Waals surface area contributed by atoms with Crippen molar-refractivity contribution in [2.24, 2.45) is 0 Å². The number of hydrogen-bond donors (Lipinski definition) is 1. The number of rotatable bonds is 1. The summed E-state index contributed by atoms with van der Waals surface area (Å²) in [4.78, 5) is 7.35. The molecule has 0 saturated heterocycles. The summed E-state index contributed by atoms with van der Waals surface area (Å²) in [7, 11) is 0. The van der Waals surface area contributed by atoms with Crippen LogP contribution in [-0.4, -0.2) is 9.97 Å². The maximum absolute atomic E-state index is 8.73. The van der Waals surface area contributed by atoms with Gasteiger partial charge in [-0.1, -0.05) is 19.3 Å². The highest BCUT2D eigenvalue weighted by molar-refractivity contribution is 5.23. The van der Waals surface area contributed by atoms with E-state index in [0.717, 1.165) is 11.4 Å². The Kier molecular flexibility index (Phi) is 2.53. The molecule has 1 aliphatic carbocycles. The third-order valence-corrected chi connectivity index (χ3v) is 3.02. The van der Waals surface area contributed by atoms with Crippen LogP contribution in [0.25, 0.3) is 0 Å². The van der Waals surface area contributed by atoms with Crippen LogP contribution in [0.5, 0.6) is 0 Å². The Morgan fingerprint density at radius 2 is 2.07 bits per heavy atom. The monoisotopic (exact) mass is 189 g/mol. The van der Waals surface area contributed by atoms with Gasteiger partial charge in [0, 0.05) is 11.6 Å². The van der Waals surface area contributed by atoms with Gasteiger partial charge in [0.25, 0.3) is 0 Å². The lowest BCUT2D eigenvalue weighted by molar-refractivity contribution is 0.436. The van der Waals surface area contributed by atoms with E-state index in [1.807, 2.05) is 6.92 Å². The highest BCUT2D eigenvalue weighted by atomic mass is 14.9. The number of hydrogen-bond acceptors (Lipinski definition) is 2. The molecule has 14 heavy (non-hydrogen) atoms. The first-order chi connectivity index (χ1) is 6.81. The van der Waals surface area contributed by atoms with Gasteiger partial charge in [0.2, 0.25) is 5.82 Å². The van der Waals surface area contributed by atoms with Crippen molar-refractivity contribution in [2.45, 2.75) is 44.9 Å². The molecule has 2 rings (SSSR count). The zero-order valence-corrected chi connectivity index (χ0v) is 8.51. The Labute approximate surface area is 84.2 Å². The number of aryl methyl sites for hydroxylation is 1. The number of nitriles is 1. The SMILES string of the molecule is Cc1[nH]c(C#N)nc1C1CCCCC1. The number of nitrogens with one attached hydrogen (secondary N) is 1. The molecule has 3 heteroatoms. The predicted molar refractivity (Wildman–Crippen MR) is 53.9 cm³/mol. The average molecular weight is 189 g/mol. The number of aromatic amines is 1. The minimum Gasteiger partial charge on any atom is -0.333 e. The molecular formula is C11H15N3. The molecule has 1 N–H and O–H groups in total. The summed E-state index contributed by atoms with van der Waals surface area (Å²) in [5.41, 5.74) is 2.20. The van der Waals surface area contributed by atoms with Crippen molar-refractivity contribution in [1.82, 2.24) is 9.97 Å². The molecule has 0 atom stereocenters. The van der Waals surface area contributed by atoms with Crippen LogP contribution in [0.15, 0.2) is 0 Å². The van der Waals surface area contributed by atoms with E-state index in [-0.39, 0.29) is 0 Å². The second-order valence-electron chi connectivity index (χ2n) is 4.04. The third kappa shape index (κ3) is 1.65. The summed E-state index contributed by atoms with van der Waals surface area (Å²) < 4.78 is 0. The zero-order chi connectivity index (χ0) is 9.97. The van der Waals surface area contributed by atoms with Gasteiger partial charge in [-0.3, -0.25) is 0 Å². The molecule has 1 aromatic rings. The second-order valence-corrected chi connectivity index (χ2v) is 4.04. The Morgan fingerprint density at radius 1 is 1.36 bits per heavy atom. The quantitative estimate of drug-likeness (QED) is 0.738. The smallest absolute Gasteiger partial charge is 0.210 e. The summed E-state index contributed by atoms with van der Waals surface area (Å²) >= 11 is 0. The summed E-state index contributed by atoms with van der Waals surface area (Å²) in [5, 5.41) is 8.73. The molecule has 1 saturated carbocycles. The molecule has 1 aliphatic rings. The van der Waals surface area contributed by atoms with E-state index in [4.69, 9.17) is 5.26 Å². The van der Waals surface area contributed by atoms with Crippen LogP contribution in [0.4, 0.5) is 0 Å². The molecule has 0 amide bonds. The van der Waals surface area contributed by atoms with E-state index >= 15 is 0 Å². The van der Waals surface area contributed by atoms with Crippen LogP contribution in [0.2, 0.25) is 0 Å². The zero-order valence-electron chi connectivity index (χ0n) is 8.51. The fraction of sp³-hybridized carbons (Fsp3) is 0.636. The van der Waals surface area contributed by atoms with Gasteiger partial charge in [-0.05, 0) is 19.8 Å². The molecule has 1 heterocycles. The van der Waals surface area contributed by atoms with Crippen molar-refractivity contribution in [3.8, 4) is 6.07 Å². The van der Waals surface area contributed by atoms with E-state index in [0.29, 0.717) is 11.7 Å². The van der Waals surface area contributed by atoms with E-state index in [2.05, 4.69) is 16.0 Å². The predicted octanol–water partition coefficient (Wildman–Crippen LogP) is 2.64. The minimum absolute atomic E-state index is 0.461. The Balaban J connectivity index is 2.22. The number of nitrogens with zero attached hydrogens (tertiary/aromatic N) is 2. The van der Waals surface area contributed by atoms with E-state index in [9.17, 15) is 0 Å². The molecule has 0 aliphatic heterocycles. The molecule has 74 valence electrons. The molecular weight excluding hydrogens is 174 g/mol. The lowest BCUT2D eigenvalue weighted by Crippen LogP contribution is -2.06. The van der Waals surface area contributed by atoms with Gasteiger partial charge >= 0.3 is 0 Å². The van der Waals surface area contributed by atoms with Crippen LogP contribution in [0.1, 0.15) is 55.2 Å². The largest absolute Gasteiger partial charge is 0.333 e. The van der Waals surface area contributed by atoms with Crippen molar-refractivity contribution in [3.63, 3.8) is 0 Å². The van der Waals surface area contributed by atoms with E-state index in [1.54, 1.807) is 0 Å². The molecule has 0 spiro atoms. The van der Waals surface area contributed by atoms with E-state index in [1.165, 1.54) is 32.1 Å². The van der Waals surface area contributed by atoms with Gasteiger partial charge in [0.05, 0.1) is 5.69 Å². The van der Waals surface area contributed by atoms with Gasteiger partial charge in [-0.15, -0.1) is 0 Å². The second kappa shape index (κ2) is 3.83. The maximum atomic E-state index is 8.73. The third-order valence-electron chi connectivity index (χ3n) is 3.02. The molecule has 0 bridgehead atoms. The summed E-state index contributed by atoms with van der Waals surface area (Å²) in [6.07, 6.45) is 6.43. The number of H-pyrrole nitrogens is 1. The van der Waals surface area contributed by atoms with Crippen molar-refractivity contribution >= 4 is 0 Å². The topological polar surface area (TPSA) is 52.5 Å².